The number of hydrogen-bond acceptors (Lipinski definition) is 0. The molecule has 0 fully saturated rings. The maximum atomic E-state index is 13.1. The molecule has 3 rings (SSSR count). The molecular formula is C17H13BrFN. The lowest BCUT2D eigenvalue weighted by atomic mass is 10.2. The van der Waals surface area contributed by atoms with Crippen molar-refractivity contribution in [3.63, 3.8) is 0 Å². The second kappa shape index (κ2) is 4.91. The Morgan fingerprint density at radius 3 is 2.50 bits per heavy atom. The summed E-state index contributed by atoms with van der Waals surface area (Å²) in [6.45, 7) is 6.02. The van der Waals surface area contributed by atoms with Crippen molar-refractivity contribution >= 4 is 32.4 Å². The Morgan fingerprint density at radius 2 is 1.85 bits per heavy atom. The van der Waals surface area contributed by atoms with Gasteiger partial charge < -0.3 is 4.57 Å². The molecule has 100 valence electrons. The predicted octanol–water partition coefficient (Wildman–Crippen LogP) is 5.57. The standard InChI is InChI=1S/C17H13BrFN/c1-11(2)17-10-14-15(18)4-3-5-16(14)20(17)13-8-6-12(19)7-9-13/h3-10H,1H2,2H3. The molecule has 0 spiro atoms. The first-order valence-electron chi connectivity index (χ1n) is 6.30. The first-order chi connectivity index (χ1) is 9.58. The molecule has 1 nitrogen and oxygen atoms in total. The minimum absolute atomic E-state index is 0.233. The topological polar surface area (TPSA) is 4.93 Å². The number of nitrogens with zero attached hydrogens (tertiary/aromatic N) is 1. The third-order valence-corrected chi connectivity index (χ3v) is 4.01. The summed E-state index contributed by atoms with van der Waals surface area (Å²) in [5, 5.41) is 1.12. The molecular weight excluding hydrogens is 317 g/mol. The number of fused-ring (bicyclic) bond motifs is 1. The summed E-state index contributed by atoms with van der Waals surface area (Å²) in [7, 11) is 0. The van der Waals surface area contributed by atoms with E-state index in [1.54, 1.807) is 12.1 Å². The third kappa shape index (κ3) is 2.08. The Hall–Kier alpha value is -1.87. The molecule has 3 aromatic rings. The molecule has 1 aromatic heterocycles. The summed E-state index contributed by atoms with van der Waals surface area (Å²) in [5.41, 5.74) is 4.00. The second-order valence-corrected chi connectivity index (χ2v) is 5.65. The van der Waals surface area contributed by atoms with Gasteiger partial charge in [0, 0.05) is 21.2 Å². The fourth-order valence-electron chi connectivity index (χ4n) is 2.38. The fourth-order valence-corrected chi connectivity index (χ4v) is 2.85. The van der Waals surface area contributed by atoms with Gasteiger partial charge in [0.2, 0.25) is 0 Å². The molecule has 0 N–H and O–H groups in total. The van der Waals surface area contributed by atoms with E-state index in [1.807, 2.05) is 19.1 Å². The van der Waals surface area contributed by atoms with E-state index in [9.17, 15) is 4.39 Å². The van der Waals surface area contributed by atoms with Gasteiger partial charge in [-0.2, -0.15) is 0 Å². The van der Waals surface area contributed by atoms with Crippen LogP contribution in [0.15, 0.2) is 59.6 Å². The number of hydrogen-bond donors (Lipinski definition) is 0. The lowest BCUT2D eigenvalue weighted by Gasteiger charge is -2.11. The molecule has 0 atom stereocenters. The normalized spacial score (nSPS) is 10.9. The smallest absolute Gasteiger partial charge is 0.123 e. The van der Waals surface area contributed by atoms with Crippen molar-refractivity contribution in [1.29, 1.82) is 0 Å². The molecule has 20 heavy (non-hydrogen) atoms. The SMILES string of the molecule is C=C(C)c1cc2c(Br)cccc2n1-c1ccc(F)cc1. The lowest BCUT2D eigenvalue weighted by molar-refractivity contribution is 0.627. The van der Waals surface area contributed by atoms with Crippen molar-refractivity contribution in [2.24, 2.45) is 0 Å². The first-order valence-corrected chi connectivity index (χ1v) is 7.09. The first kappa shape index (κ1) is 13.1. The van der Waals surface area contributed by atoms with Gasteiger partial charge in [0.05, 0.1) is 5.52 Å². The van der Waals surface area contributed by atoms with Crippen LogP contribution >= 0.6 is 15.9 Å². The molecule has 0 aliphatic carbocycles. The largest absolute Gasteiger partial charge is 0.310 e. The molecule has 3 heteroatoms. The average Bonchev–Trinajstić information content (AvgIpc) is 2.81. The Kier molecular flexibility index (Phi) is 3.22. The zero-order chi connectivity index (χ0) is 14.3. The number of allylic oxidation sites excluding steroid dienone is 1. The monoisotopic (exact) mass is 329 g/mol. The minimum Gasteiger partial charge on any atom is -0.310 e. The van der Waals surface area contributed by atoms with Crippen LogP contribution in [0.25, 0.3) is 22.2 Å². The Balaban J connectivity index is 2.37. The Labute approximate surface area is 125 Å². The van der Waals surface area contributed by atoms with Crippen LogP contribution in [0.1, 0.15) is 12.6 Å². The van der Waals surface area contributed by atoms with Crippen LogP contribution in [-0.4, -0.2) is 4.57 Å². The van der Waals surface area contributed by atoms with Gasteiger partial charge in [0.25, 0.3) is 0 Å². The van der Waals surface area contributed by atoms with Gasteiger partial charge in [-0.05, 0) is 55.0 Å². The van der Waals surface area contributed by atoms with Crippen molar-refractivity contribution in [3.05, 3.63) is 71.1 Å². The molecule has 0 aliphatic heterocycles. The van der Waals surface area contributed by atoms with Gasteiger partial charge in [-0.15, -0.1) is 0 Å². The summed E-state index contributed by atoms with van der Waals surface area (Å²) in [6, 6.07) is 14.7. The van der Waals surface area contributed by atoms with Gasteiger partial charge in [-0.1, -0.05) is 28.6 Å². The van der Waals surface area contributed by atoms with Crippen LogP contribution in [-0.2, 0) is 0 Å². The van der Waals surface area contributed by atoms with Crippen molar-refractivity contribution < 1.29 is 4.39 Å². The Morgan fingerprint density at radius 1 is 1.15 bits per heavy atom. The molecule has 1 heterocycles. The number of benzene rings is 2. The predicted molar refractivity (Wildman–Crippen MR) is 85.6 cm³/mol. The average molecular weight is 330 g/mol. The molecule has 0 saturated carbocycles. The van der Waals surface area contributed by atoms with Crippen molar-refractivity contribution in [2.45, 2.75) is 6.92 Å². The molecule has 0 aliphatic rings. The summed E-state index contributed by atoms with van der Waals surface area (Å²) in [4.78, 5) is 0. The quantitative estimate of drug-likeness (QED) is 0.579. The van der Waals surface area contributed by atoms with Gasteiger partial charge in [-0.3, -0.25) is 0 Å². The summed E-state index contributed by atoms with van der Waals surface area (Å²) in [6.07, 6.45) is 0. The number of aromatic nitrogens is 1. The van der Waals surface area contributed by atoms with E-state index in [0.29, 0.717) is 0 Å². The van der Waals surface area contributed by atoms with Gasteiger partial charge in [0.1, 0.15) is 5.82 Å². The van der Waals surface area contributed by atoms with E-state index < -0.39 is 0 Å². The van der Waals surface area contributed by atoms with Crippen molar-refractivity contribution in [1.82, 2.24) is 4.57 Å². The highest BCUT2D eigenvalue weighted by Gasteiger charge is 2.12. The molecule has 0 amide bonds. The molecule has 0 saturated heterocycles. The second-order valence-electron chi connectivity index (χ2n) is 4.79. The molecule has 2 aromatic carbocycles. The van der Waals surface area contributed by atoms with Crippen LogP contribution < -0.4 is 0 Å². The number of halogens is 2. The summed E-state index contributed by atoms with van der Waals surface area (Å²) < 4.78 is 16.3. The molecule has 0 bridgehead atoms. The van der Waals surface area contributed by atoms with E-state index in [0.717, 1.165) is 32.3 Å². The zero-order valence-corrected chi connectivity index (χ0v) is 12.6. The molecule has 0 unspecified atom stereocenters. The highest BCUT2D eigenvalue weighted by molar-refractivity contribution is 9.10. The van der Waals surface area contributed by atoms with Gasteiger partial charge >= 0.3 is 0 Å². The minimum atomic E-state index is -0.233. The van der Waals surface area contributed by atoms with Crippen molar-refractivity contribution in [3.8, 4) is 5.69 Å². The van der Waals surface area contributed by atoms with E-state index >= 15 is 0 Å². The Bertz CT molecular complexity index is 800. The van der Waals surface area contributed by atoms with Crippen LogP contribution in [0.3, 0.4) is 0 Å². The van der Waals surface area contributed by atoms with E-state index in [4.69, 9.17) is 0 Å². The fraction of sp³-hybridized carbons (Fsp3) is 0.0588. The zero-order valence-electron chi connectivity index (χ0n) is 11.0. The van der Waals surface area contributed by atoms with E-state index in [-0.39, 0.29) is 5.82 Å². The van der Waals surface area contributed by atoms with Crippen LogP contribution in [0.5, 0.6) is 0 Å². The lowest BCUT2D eigenvalue weighted by Crippen LogP contribution is -1.98. The van der Waals surface area contributed by atoms with E-state index in [1.165, 1.54) is 12.1 Å². The van der Waals surface area contributed by atoms with Crippen LogP contribution in [0, 0.1) is 5.82 Å². The summed E-state index contributed by atoms with van der Waals surface area (Å²) in [5.74, 6) is -0.233. The van der Waals surface area contributed by atoms with Crippen LogP contribution in [0.2, 0.25) is 0 Å². The highest BCUT2D eigenvalue weighted by atomic mass is 79.9. The molecule has 0 radical (unpaired) electrons. The van der Waals surface area contributed by atoms with Crippen molar-refractivity contribution in [2.75, 3.05) is 0 Å². The van der Waals surface area contributed by atoms with E-state index in [2.05, 4.69) is 39.2 Å². The maximum Gasteiger partial charge on any atom is 0.123 e. The third-order valence-electron chi connectivity index (χ3n) is 3.31. The van der Waals surface area contributed by atoms with Crippen LogP contribution in [0.4, 0.5) is 4.39 Å². The maximum absolute atomic E-state index is 13.1. The van der Waals surface area contributed by atoms with Gasteiger partial charge in [-0.25, -0.2) is 4.39 Å². The summed E-state index contributed by atoms with van der Waals surface area (Å²) >= 11 is 3.57. The highest BCUT2D eigenvalue weighted by Crippen LogP contribution is 2.32. The van der Waals surface area contributed by atoms with Gasteiger partial charge in [0.15, 0.2) is 0 Å². The number of rotatable bonds is 2.